The molecule has 1 aromatic rings. The van der Waals surface area contributed by atoms with Crippen molar-refractivity contribution in [2.75, 3.05) is 6.61 Å². The van der Waals surface area contributed by atoms with Crippen molar-refractivity contribution in [2.45, 2.75) is 56.4 Å². The summed E-state index contributed by atoms with van der Waals surface area (Å²) in [6, 6.07) is 0. The van der Waals surface area contributed by atoms with Gasteiger partial charge in [-0.05, 0) is 25.7 Å². The summed E-state index contributed by atoms with van der Waals surface area (Å²) in [6.07, 6.45) is 7.16. The van der Waals surface area contributed by atoms with Crippen LogP contribution >= 0.6 is 0 Å². The molecule has 0 atom stereocenters. The lowest BCUT2D eigenvalue weighted by Crippen LogP contribution is -2.52. The molecule has 0 unspecified atom stereocenters. The molecule has 1 heterocycles. The second kappa shape index (κ2) is 4.92. The van der Waals surface area contributed by atoms with Crippen molar-refractivity contribution in [3.05, 3.63) is 11.6 Å². The molecule has 0 radical (unpaired) electrons. The Bertz CT molecular complexity index is 461. The molecule has 6 heteroatoms. The van der Waals surface area contributed by atoms with Crippen molar-refractivity contribution in [3.8, 4) is 0 Å². The van der Waals surface area contributed by atoms with E-state index in [0.29, 0.717) is 5.92 Å². The molecule has 1 aromatic heterocycles. The summed E-state index contributed by atoms with van der Waals surface area (Å²) in [5, 5.41) is 19.3. The van der Waals surface area contributed by atoms with E-state index in [9.17, 15) is 9.90 Å². The number of rotatable bonds is 4. The minimum atomic E-state index is -0.476. The summed E-state index contributed by atoms with van der Waals surface area (Å²) >= 11 is 0. The number of aliphatic hydroxyl groups is 1. The highest BCUT2D eigenvalue weighted by Crippen LogP contribution is 2.37. The van der Waals surface area contributed by atoms with Gasteiger partial charge in [0.1, 0.15) is 5.82 Å². The van der Waals surface area contributed by atoms with E-state index in [4.69, 9.17) is 0 Å². The summed E-state index contributed by atoms with van der Waals surface area (Å²) in [4.78, 5) is 16.4. The van der Waals surface area contributed by atoms with E-state index >= 15 is 0 Å². The van der Waals surface area contributed by atoms with Crippen molar-refractivity contribution < 1.29 is 9.90 Å². The van der Waals surface area contributed by atoms with E-state index in [1.807, 2.05) is 0 Å². The average molecular weight is 264 g/mol. The third-order valence-electron chi connectivity index (χ3n) is 4.16. The molecule has 3 rings (SSSR count). The number of aliphatic hydroxyl groups excluding tert-OH is 1. The van der Waals surface area contributed by atoms with Gasteiger partial charge in [0.15, 0.2) is 0 Å². The standard InChI is InChI=1S/C13H20N4O2/c18-8-13(6-2-1-3-7-13)15-12(19)11-14-10(16-17-11)9-4-5-9/h9,18H,1-8H2,(H,15,19)(H,14,16,17). The molecule has 2 aliphatic rings. The zero-order valence-electron chi connectivity index (χ0n) is 11.0. The summed E-state index contributed by atoms with van der Waals surface area (Å²) in [5.74, 6) is 1.18. The number of nitrogens with one attached hydrogen (secondary N) is 2. The summed E-state index contributed by atoms with van der Waals surface area (Å²) in [7, 11) is 0. The lowest BCUT2D eigenvalue weighted by Gasteiger charge is -2.36. The Morgan fingerprint density at radius 1 is 1.37 bits per heavy atom. The molecular formula is C13H20N4O2. The van der Waals surface area contributed by atoms with Gasteiger partial charge in [0, 0.05) is 5.92 Å². The number of carbonyl (C=O) groups excluding carboxylic acids is 1. The lowest BCUT2D eigenvalue weighted by molar-refractivity contribution is 0.0749. The molecule has 2 saturated carbocycles. The molecule has 6 nitrogen and oxygen atoms in total. The maximum Gasteiger partial charge on any atom is 0.291 e. The van der Waals surface area contributed by atoms with E-state index < -0.39 is 5.54 Å². The van der Waals surface area contributed by atoms with Gasteiger partial charge in [-0.15, -0.1) is 5.10 Å². The number of hydrogen-bond donors (Lipinski definition) is 3. The predicted octanol–water partition coefficient (Wildman–Crippen LogP) is 1.11. The normalized spacial score (nSPS) is 22.2. The van der Waals surface area contributed by atoms with Gasteiger partial charge in [0.25, 0.3) is 5.91 Å². The van der Waals surface area contributed by atoms with Crippen LogP contribution in [0.1, 0.15) is 67.3 Å². The van der Waals surface area contributed by atoms with E-state index in [1.165, 1.54) is 6.42 Å². The Morgan fingerprint density at radius 2 is 2.11 bits per heavy atom. The van der Waals surface area contributed by atoms with Gasteiger partial charge in [-0.1, -0.05) is 19.3 Å². The molecule has 0 aromatic carbocycles. The minimum Gasteiger partial charge on any atom is -0.394 e. The maximum atomic E-state index is 12.2. The third kappa shape index (κ3) is 2.63. The first-order valence-electron chi connectivity index (χ1n) is 7.08. The van der Waals surface area contributed by atoms with Gasteiger partial charge < -0.3 is 10.4 Å². The van der Waals surface area contributed by atoms with Gasteiger partial charge in [0.2, 0.25) is 5.82 Å². The molecule has 104 valence electrons. The quantitative estimate of drug-likeness (QED) is 0.759. The van der Waals surface area contributed by atoms with E-state index in [-0.39, 0.29) is 18.3 Å². The highest BCUT2D eigenvalue weighted by Gasteiger charge is 2.34. The van der Waals surface area contributed by atoms with E-state index in [0.717, 1.165) is 44.3 Å². The Morgan fingerprint density at radius 3 is 2.74 bits per heavy atom. The Balaban J connectivity index is 1.68. The van der Waals surface area contributed by atoms with Crippen LogP contribution in [0.25, 0.3) is 0 Å². The SMILES string of the molecule is O=C(NC1(CO)CCCCC1)c1n[nH]c(C2CC2)n1. The number of aromatic nitrogens is 3. The predicted molar refractivity (Wildman–Crippen MR) is 68.7 cm³/mol. The molecule has 1 amide bonds. The van der Waals surface area contributed by atoms with Crippen molar-refractivity contribution in [3.63, 3.8) is 0 Å². The minimum absolute atomic E-state index is 0.0152. The van der Waals surface area contributed by atoms with Gasteiger partial charge in [0.05, 0.1) is 12.1 Å². The van der Waals surface area contributed by atoms with Crippen LogP contribution in [0.4, 0.5) is 0 Å². The zero-order valence-corrected chi connectivity index (χ0v) is 11.0. The summed E-state index contributed by atoms with van der Waals surface area (Å²) < 4.78 is 0. The number of carbonyl (C=O) groups is 1. The van der Waals surface area contributed by atoms with Crippen LogP contribution in [-0.2, 0) is 0 Å². The van der Waals surface area contributed by atoms with Gasteiger partial charge in [-0.25, -0.2) is 4.98 Å². The molecule has 19 heavy (non-hydrogen) atoms. The fraction of sp³-hybridized carbons (Fsp3) is 0.769. The number of H-pyrrole nitrogens is 1. The third-order valence-corrected chi connectivity index (χ3v) is 4.16. The van der Waals surface area contributed by atoms with Crippen LogP contribution in [0.5, 0.6) is 0 Å². The smallest absolute Gasteiger partial charge is 0.291 e. The Hall–Kier alpha value is -1.43. The molecule has 0 aliphatic heterocycles. The van der Waals surface area contributed by atoms with E-state index in [1.54, 1.807) is 0 Å². The van der Waals surface area contributed by atoms with Crippen LogP contribution in [0, 0.1) is 0 Å². The van der Waals surface area contributed by atoms with Gasteiger partial charge >= 0.3 is 0 Å². The zero-order chi connectivity index (χ0) is 13.3. The van der Waals surface area contributed by atoms with Crippen LogP contribution < -0.4 is 5.32 Å². The highest BCUT2D eigenvalue weighted by atomic mass is 16.3. The van der Waals surface area contributed by atoms with Crippen molar-refractivity contribution >= 4 is 5.91 Å². The Kier molecular flexibility index (Phi) is 3.26. The lowest BCUT2D eigenvalue weighted by atomic mass is 9.82. The van der Waals surface area contributed by atoms with Crippen molar-refractivity contribution in [1.29, 1.82) is 0 Å². The fourth-order valence-electron chi connectivity index (χ4n) is 2.76. The van der Waals surface area contributed by atoms with Crippen LogP contribution in [-0.4, -0.2) is 38.3 Å². The average Bonchev–Trinajstić information content (AvgIpc) is 3.17. The monoisotopic (exact) mass is 264 g/mol. The Labute approximate surface area is 112 Å². The van der Waals surface area contributed by atoms with E-state index in [2.05, 4.69) is 20.5 Å². The number of amides is 1. The van der Waals surface area contributed by atoms with Crippen LogP contribution in [0.15, 0.2) is 0 Å². The topological polar surface area (TPSA) is 90.9 Å². The molecule has 2 aliphatic carbocycles. The molecule has 2 fully saturated rings. The number of aromatic amines is 1. The first-order valence-corrected chi connectivity index (χ1v) is 7.08. The van der Waals surface area contributed by atoms with Crippen molar-refractivity contribution in [1.82, 2.24) is 20.5 Å². The molecule has 3 N–H and O–H groups in total. The maximum absolute atomic E-state index is 12.2. The van der Waals surface area contributed by atoms with Gasteiger partial charge in [-0.3, -0.25) is 9.89 Å². The molecule has 0 saturated heterocycles. The molecular weight excluding hydrogens is 244 g/mol. The van der Waals surface area contributed by atoms with Crippen LogP contribution in [0.2, 0.25) is 0 Å². The first-order chi connectivity index (χ1) is 9.22. The first kappa shape index (κ1) is 12.6. The number of hydrogen-bond acceptors (Lipinski definition) is 4. The molecule has 0 spiro atoms. The second-order valence-electron chi connectivity index (χ2n) is 5.77. The van der Waals surface area contributed by atoms with Gasteiger partial charge in [-0.2, -0.15) is 0 Å². The summed E-state index contributed by atoms with van der Waals surface area (Å²) in [6.45, 7) is -0.0152. The van der Waals surface area contributed by atoms with Crippen molar-refractivity contribution in [2.24, 2.45) is 0 Å². The molecule has 0 bridgehead atoms. The van der Waals surface area contributed by atoms with Crippen LogP contribution in [0.3, 0.4) is 0 Å². The number of nitrogens with zero attached hydrogens (tertiary/aromatic N) is 2. The summed E-state index contributed by atoms with van der Waals surface area (Å²) in [5.41, 5.74) is -0.476. The highest BCUT2D eigenvalue weighted by molar-refractivity contribution is 5.90. The second-order valence-corrected chi connectivity index (χ2v) is 5.77. The largest absolute Gasteiger partial charge is 0.394 e. The fourth-order valence-corrected chi connectivity index (χ4v) is 2.76.